The first-order chi connectivity index (χ1) is 10.8. The molecule has 0 aliphatic heterocycles. The summed E-state index contributed by atoms with van der Waals surface area (Å²) in [5.74, 6) is -2.35. The van der Waals surface area contributed by atoms with E-state index in [9.17, 15) is 14.4 Å². The van der Waals surface area contributed by atoms with Crippen molar-refractivity contribution in [3.63, 3.8) is 0 Å². The van der Waals surface area contributed by atoms with Crippen LogP contribution in [0.1, 0.15) is 26.3 Å². The molecule has 0 spiro atoms. The molecule has 23 heavy (non-hydrogen) atoms. The lowest BCUT2D eigenvalue weighted by atomic mass is 10.1. The zero-order valence-corrected chi connectivity index (χ0v) is 13.3. The Kier molecular flexibility index (Phi) is 7.05. The molecule has 0 radical (unpaired) electrons. The minimum atomic E-state index is -1.29. The van der Waals surface area contributed by atoms with E-state index in [1.54, 1.807) is 26.0 Å². The Morgan fingerprint density at radius 1 is 1.13 bits per heavy atom. The molecule has 0 fully saturated rings. The lowest BCUT2D eigenvalue weighted by Crippen LogP contribution is -2.46. The Labute approximate surface area is 134 Å². The number of hydrogen-bond donors (Lipinski definition) is 2. The number of carboxylic acids is 1. The van der Waals surface area contributed by atoms with E-state index in [0.29, 0.717) is 0 Å². The fourth-order valence-corrected chi connectivity index (χ4v) is 1.69. The Bertz CT molecular complexity index is 543. The third-order valence-electron chi connectivity index (χ3n) is 3.05. The van der Waals surface area contributed by atoms with Gasteiger partial charge in [-0.1, -0.05) is 44.2 Å². The maximum atomic E-state index is 12.0. The van der Waals surface area contributed by atoms with Gasteiger partial charge in [0.25, 0.3) is 0 Å². The number of benzene rings is 1. The average molecular weight is 323 g/mol. The highest BCUT2D eigenvalue weighted by Gasteiger charge is 2.29. The van der Waals surface area contributed by atoms with Crippen LogP contribution in [0.25, 0.3) is 0 Å². The molecule has 7 nitrogen and oxygen atoms in total. The van der Waals surface area contributed by atoms with Gasteiger partial charge in [-0.2, -0.15) is 0 Å². The van der Waals surface area contributed by atoms with Gasteiger partial charge in [-0.25, -0.2) is 14.4 Å². The molecule has 0 heterocycles. The van der Waals surface area contributed by atoms with Crippen molar-refractivity contribution in [3.8, 4) is 0 Å². The molecule has 1 rings (SSSR count). The molecule has 1 aromatic carbocycles. The number of aliphatic carboxylic acids is 1. The number of esters is 1. The fourth-order valence-electron chi connectivity index (χ4n) is 1.69. The number of nitrogens with one attached hydrogen (secondary N) is 1. The first kappa shape index (κ1) is 18.5. The quantitative estimate of drug-likeness (QED) is 0.744. The van der Waals surface area contributed by atoms with Crippen LogP contribution in [-0.2, 0) is 25.7 Å². The van der Waals surface area contributed by atoms with Crippen molar-refractivity contribution in [3.05, 3.63) is 35.9 Å². The summed E-state index contributed by atoms with van der Waals surface area (Å²) in [7, 11) is 0. The summed E-state index contributed by atoms with van der Waals surface area (Å²) in [5.41, 5.74) is 0.811. The minimum Gasteiger partial charge on any atom is -0.479 e. The van der Waals surface area contributed by atoms with Crippen molar-refractivity contribution in [1.82, 2.24) is 5.32 Å². The van der Waals surface area contributed by atoms with E-state index < -0.39 is 30.2 Å². The molecule has 0 saturated heterocycles. The number of carbonyl (C=O) groups excluding carboxylic acids is 2. The first-order valence-electron chi connectivity index (χ1n) is 7.21. The number of carboxylic acid groups (broad SMARTS) is 1. The van der Waals surface area contributed by atoms with Gasteiger partial charge in [-0.3, -0.25) is 0 Å². The molecular weight excluding hydrogens is 302 g/mol. The zero-order chi connectivity index (χ0) is 17.4. The molecule has 2 N–H and O–H groups in total. The maximum Gasteiger partial charge on any atom is 0.408 e. The molecule has 0 aliphatic carbocycles. The number of alkyl carbamates (subject to hydrolysis) is 1. The lowest BCUT2D eigenvalue weighted by Gasteiger charge is -2.21. The third-order valence-corrected chi connectivity index (χ3v) is 3.05. The summed E-state index contributed by atoms with van der Waals surface area (Å²) in [6, 6.07) is 8.10. The van der Waals surface area contributed by atoms with Crippen LogP contribution in [0, 0.1) is 5.92 Å². The summed E-state index contributed by atoms with van der Waals surface area (Å²) < 4.78 is 9.83. The molecule has 0 bridgehead atoms. The normalized spacial score (nSPS) is 13.0. The first-order valence-corrected chi connectivity index (χ1v) is 7.21. The van der Waals surface area contributed by atoms with E-state index in [1.165, 1.54) is 6.92 Å². The number of hydrogen-bond acceptors (Lipinski definition) is 5. The summed E-state index contributed by atoms with van der Waals surface area (Å²) in [6.07, 6.45) is -2.06. The highest BCUT2D eigenvalue weighted by atomic mass is 16.6. The highest BCUT2D eigenvalue weighted by Crippen LogP contribution is 2.07. The molecular formula is C16H21NO6. The number of ether oxygens (including phenoxy) is 2. The van der Waals surface area contributed by atoms with Crippen molar-refractivity contribution in [2.45, 2.75) is 39.5 Å². The summed E-state index contributed by atoms with van der Waals surface area (Å²) in [5, 5.41) is 11.2. The summed E-state index contributed by atoms with van der Waals surface area (Å²) in [4.78, 5) is 34.5. The number of rotatable bonds is 7. The van der Waals surface area contributed by atoms with Crippen molar-refractivity contribution in [2.24, 2.45) is 5.92 Å². The minimum absolute atomic E-state index is 0.0675. The molecule has 1 amide bonds. The summed E-state index contributed by atoms with van der Waals surface area (Å²) in [6.45, 7) is 4.72. The van der Waals surface area contributed by atoms with Gasteiger partial charge in [0.2, 0.25) is 0 Å². The molecule has 0 aliphatic rings. The van der Waals surface area contributed by atoms with Crippen LogP contribution in [0.4, 0.5) is 4.79 Å². The van der Waals surface area contributed by atoms with Crippen LogP contribution in [-0.4, -0.2) is 35.3 Å². The lowest BCUT2D eigenvalue weighted by molar-refractivity contribution is -0.164. The maximum absolute atomic E-state index is 12.0. The predicted molar refractivity (Wildman–Crippen MR) is 81.6 cm³/mol. The van der Waals surface area contributed by atoms with Gasteiger partial charge >= 0.3 is 18.0 Å². The second-order valence-corrected chi connectivity index (χ2v) is 5.35. The van der Waals surface area contributed by atoms with Gasteiger partial charge in [0.05, 0.1) is 0 Å². The molecule has 7 heteroatoms. The molecule has 2 unspecified atom stereocenters. The van der Waals surface area contributed by atoms with E-state index in [0.717, 1.165) is 5.56 Å². The van der Waals surface area contributed by atoms with Crippen LogP contribution in [0.3, 0.4) is 0 Å². The number of carbonyl (C=O) groups is 3. The van der Waals surface area contributed by atoms with Crippen LogP contribution in [0.5, 0.6) is 0 Å². The zero-order valence-electron chi connectivity index (χ0n) is 13.3. The highest BCUT2D eigenvalue weighted by molar-refractivity contribution is 5.84. The van der Waals surface area contributed by atoms with Gasteiger partial charge in [-0.05, 0) is 18.4 Å². The van der Waals surface area contributed by atoms with Crippen molar-refractivity contribution in [1.29, 1.82) is 0 Å². The van der Waals surface area contributed by atoms with E-state index in [4.69, 9.17) is 14.6 Å². The monoisotopic (exact) mass is 323 g/mol. The molecule has 126 valence electrons. The van der Waals surface area contributed by atoms with Gasteiger partial charge in [0.1, 0.15) is 12.6 Å². The smallest absolute Gasteiger partial charge is 0.408 e. The SMILES string of the molecule is CC(OC(=O)C(NC(=O)OCc1ccccc1)C(C)C)C(=O)O. The molecule has 0 saturated carbocycles. The Hall–Kier alpha value is -2.57. The average Bonchev–Trinajstić information content (AvgIpc) is 2.51. The van der Waals surface area contributed by atoms with Crippen LogP contribution in [0.15, 0.2) is 30.3 Å². The number of amides is 1. The Morgan fingerprint density at radius 3 is 2.26 bits per heavy atom. The topological polar surface area (TPSA) is 102 Å². The van der Waals surface area contributed by atoms with E-state index in [-0.39, 0.29) is 12.5 Å². The van der Waals surface area contributed by atoms with Crippen LogP contribution in [0.2, 0.25) is 0 Å². The largest absolute Gasteiger partial charge is 0.479 e. The molecule has 0 aromatic heterocycles. The standard InChI is InChI=1S/C16H21NO6/c1-10(2)13(15(20)23-11(3)14(18)19)17-16(21)22-9-12-7-5-4-6-8-12/h4-8,10-11,13H,9H2,1-3H3,(H,17,21)(H,18,19). The molecule has 1 aromatic rings. The van der Waals surface area contributed by atoms with E-state index >= 15 is 0 Å². The van der Waals surface area contributed by atoms with E-state index in [1.807, 2.05) is 18.2 Å². The van der Waals surface area contributed by atoms with E-state index in [2.05, 4.69) is 5.32 Å². The van der Waals surface area contributed by atoms with Crippen LogP contribution >= 0.6 is 0 Å². The summed E-state index contributed by atoms with van der Waals surface area (Å²) >= 11 is 0. The second kappa shape index (κ2) is 8.77. The Morgan fingerprint density at radius 2 is 1.74 bits per heavy atom. The second-order valence-electron chi connectivity index (χ2n) is 5.35. The van der Waals surface area contributed by atoms with Gasteiger partial charge in [-0.15, -0.1) is 0 Å². The van der Waals surface area contributed by atoms with Crippen molar-refractivity contribution >= 4 is 18.0 Å². The van der Waals surface area contributed by atoms with Gasteiger partial charge in [0.15, 0.2) is 6.10 Å². The van der Waals surface area contributed by atoms with Crippen LogP contribution < -0.4 is 5.32 Å². The van der Waals surface area contributed by atoms with Crippen molar-refractivity contribution in [2.75, 3.05) is 0 Å². The van der Waals surface area contributed by atoms with Gasteiger partial charge in [0, 0.05) is 0 Å². The fraction of sp³-hybridized carbons (Fsp3) is 0.438. The van der Waals surface area contributed by atoms with Gasteiger partial charge < -0.3 is 19.9 Å². The molecule has 2 atom stereocenters. The Balaban J connectivity index is 2.56. The predicted octanol–water partition coefficient (Wildman–Crippen LogP) is 1.95. The van der Waals surface area contributed by atoms with Crippen molar-refractivity contribution < 1.29 is 29.0 Å². The third kappa shape index (κ3) is 6.37.